The van der Waals surface area contributed by atoms with Crippen molar-refractivity contribution in [1.29, 1.82) is 0 Å². The first kappa shape index (κ1) is 34.4. The zero-order valence-corrected chi connectivity index (χ0v) is 29.7. The van der Waals surface area contributed by atoms with Crippen molar-refractivity contribution in [2.45, 2.75) is 0 Å². The molecule has 0 atom stereocenters. The maximum atomic E-state index is 12.0. The summed E-state index contributed by atoms with van der Waals surface area (Å²) in [7, 11) is 4.32. The summed E-state index contributed by atoms with van der Waals surface area (Å²) in [4.78, 5) is 46.1. The van der Waals surface area contributed by atoms with Gasteiger partial charge in [-0.15, -0.1) is 22.7 Å². The van der Waals surface area contributed by atoms with Gasteiger partial charge in [0.25, 0.3) is 11.1 Å². The Kier molecular flexibility index (Phi) is 11.1. The first-order valence-electron chi connectivity index (χ1n) is 15.9. The third-order valence-corrected chi connectivity index (χ3v) is 10.3. The third kappa shape index (κ3) is 8.96. The Morgan fingerprint density at radius 3 is 1.67 bits per heavy atom. The number of halogens is 1. The summed E-state index contributed by atoms with van der Waals surface area (Å²) in [6, 6.07) is 20.0. The van der Waals surface area contributed by atoms with Gasteiger partial charge in [-0.25, -0.2) is 9.97 Å². The van der Waals surface area contributed by atoms with Gasteiger partial charge in [-0.05, 0) is 97.1 Å². The lowest BCUT2D eigenvalue weighted by Crippen LogP contribution is -2.44. The second kappa shape index (κ2) is 15.8. The van der Waals surface area contributed by atoms with E-state index >= 15 is 0 Å². The highest BCUT2D eigenvalue weighted by Crippen LogP contribution is 2.22. The summed E-state index contributed by atoms with van der Waals surface area (Å²) in [5.41, 5.74) is 11.0. The molecule has 4 aromatic heterocycles. The molecule has 6 heterocycles. The fraction of sp³-hybridized carbons (Fsp3) is 0.294. The van der Waals surface area contributed by atoms with Crippen LogP contribution in [0.3, 0.4) is 0 Å². The number of anilines is 5. The molecule has 6 aromatic rings. The molecule has 256 valence electrons. The Bertz CT molecular complexity index is 2080. The topological polar surface area (TPSA) is 143 Å². The average Bonchev–Trinajstić information content (AvgIpc) is 3.78. The van der Waals surface area contributed by atoms with Gasteiger partial charge < -0.3 is 30.7 Å². The average molecular weight is 719 g/mol. The Morgan fingerprint density at radius 1 is 0.673 bits per heavy atom. The van der Waals surface area contributed by atoms with E-state index in [1.807, 2.05) is 41.1 Å². The largest absolute Gasteiger partial charge is 0.399 e. The summed E-state index contributed by atoms with van der Waals surface area (Å²) >= 11 is 8.28. The molecule has 0 spiro atoms. The number of rotatable bonds is 4. The van der Waals surface area contributed by atoms with Crippen LogP contribution < -0.4 is 32.0 Å². The number of nitrogens with zero attached hydrogens (tertiary/aromatic N) is 6. The molecule has 15 heteroatoms. The predicted molar refractivity (Wildman–Crippen MR) is 205 cm³/mol. The molecule has 2 aliphatic rings. The van der Waals surface area contributed by atoms with Crippen molar-refractivity contribution in [2.75, 3.05) is 87.3 Å². The van der Waals surface area contributed by atoms with Gasteiger partial charge in [-0.3, -0.25) is 19.6 Å². The van der Waals surface area contributed by atoms with Gasteiger partial charge in [0.05, 0.1) is 11.0 Å². The maximum absolute atomic E-state index is 12.0. The molecule has 2 aliphatic heterocycles. The van der Waals surface area contributed by atoms with E-state index in [9.17, 15) is 9.59 Å². The second-order valence-corrected chi connectivity index (χ2v) is 14.1. The molecule has 5 N–H and O–H groups in total. The molecule has 2 fully saturated rings. The van der Waals surface area contributed by atoms with E-state index < -0.39 is 0 Å². The van der Waals surface area contributed by atoms with Gasteiger partial charge in [-0.2, -0.15) is 0 Å². The lowest BCUT2D eigenvalue weighted by atomic mass is 10.2. The van der Waals surface area contributed by atoms with Crippen LogP contribution in [0.2, 0.25) is 5.28 Å². The predicted octanol–water partition coefficient (Wildman–Crippen LogP) is 5.14. The van der Waals surface area contributed by atoms with Crippen LogP contribution in [0, 0.1) is 0 Å². The van der Waals surface area contributed by atoms with E-state index in [-0.39, 0.29) is 16.4 Å². The fourth-order valence-electron chi connectivity index (χ4n) is 5.48. The minimum Gasteiger partial charge on any atom is -0.399 e. The number of hydrogen-bond acceptors (Lipinski definition) is 12. The monoisotopic (exact) mass is 718 g/mol. The quantitative estimate of drug-likeness (QED) is 0.143. The molecular weight excluding hydrogens is 680 g/mol. The van der Waals surface area contributed by atoms with Crippen molar-refractivity contribution in [2.24, 2.45) is 0 Å². The Labute approximate surface area is 296 Å². The zero-order valence-electron chi connectivity index (χ0n) is 27.4. The molecule has 12 nitrogen and oxygen atoms in total. The smallest absolute Gasteiger partial charge is 0.270 e. The van der Waals surface area contributed by atoms with Crippen LogP contribution in [0.25, 0.3) is 20.4 Å². The molecule has 0 saturated carbocycles. The normalized spacial score (nSPS) is 15.4. The summed E-state index contributed by atoms with van der Waals surface area (Å²) in [5.74, 6) is 0.471. The van der Waals surface area contributed by atoms with Gasteiger partial charge in [-0.1, -0.05) is 0 Å². The molecule has 8 rings (SSSR count). The minimum absolute atomic E-state index is 0.105. The Morgan fingerprint density at radius 2 is 1.14 bits per heavy atom. The van der Waals surface area contributed by atoms with Gasteiger partial charge in [0, 0.05) is 75.1 Å². The number of piperazine rings is 2. The number of H-pyrrole nitrogens is 2. The number of aromatic amines is 2. The summed E-state index contributed by atoms with van der Waals surface area (Å²) < 4.78 is 1.28. The molecule has 0 bridgehead atoms. The Balaban J connectivity index is 0.000000141. The van der Waals surface area contributed by atoms with Crippen LogP contribution in [-0.2, 0) is 0 Å². The van der Waals surface area contributed by atoms with Crippen molar-refractivity contribution in [3.8, 4) is 0 Å². The molecule has 49 heavy (non-hydrogen) atoms. The number of aromatic nitrogens is 4. The molecule has 0 radical (unpaired) electrons. The maximum Gasteiger partial charge on any atom is 0.270 e. The SMILES string of the molecule is CN1CCN(c2ccc(N)cc2)CC1.CN1CCN(c2ccc(Nc3nc4ccsc4c(=O)[nH]3)cc2)CC1.O=c1[nH]c(Cl)nc2ccsc12. The van der Waals surface area contributed by atoms with Gasteiger partial charge in [0.1, 0.15) is 9.40 Å². The van der Waals surface area contributed by atoms with E-state index in [1.165, 1.54) is 34.0 Å². The van der Waals surface area contributed by atoms with E-state index in [0.29, 0.717) is 20.9 Å². The van der Waals surface area contributed by atoms with Crippen LogP contribution in [0.1, 0.15) is 0 Å². The van der Waals surface area contributed by atoms with E-state index in [1.54, 1.807) is 6.07 Å². The third-order valence-electron chi connectivity index (χ3n) is 8.36. The first-order valence-corrected chi connectivity index (χ1v) is 18.1. The second-order valence-electron chi connectivity index (χ2n) is 11.9. The number of benzene rings is 2. The summed E-state index contributed by atoms with van der Waals surface area (Å²) in [5, 5.41) is 7.00. The molecular formula is C34H39ClN10O2S2. The number of thiophene rings is 2. The van der Waals surface area contributed by atoms with Crippen molar-refractivity contribution < 1.29 is 0 Å². The van der Waals surface area contributed by atoms with E-state index in [0.717, 1.165) is 69.2 Å². The number of nitrogen functional groups attached to an aromatic ring is 1. The van der Waals surface area contributed by atoms with E-state index in [4.69, 9.17) is 17.3 Å². The van der Waals surface area contributed by atoms with Crippen molar-refractivity contribution >= 4 is 83.4 Å². The summed E-state index contributed by atoms with van der Waals surface area (Å²) in [6.45, 7) is 8.78. The highest BCUT2D eigenvalue weighted by molar-refractivity contribution is 7.17. The van der Waals surface area contributed by atoms with Gasteiger partial charge in [0.2, 0.25) is 11.2 Å². The zero-order chi connectivity index (χ0) is 34.3. The highest BCUT2D eigenvalue weighted by atomic mass is 35.5. The van der Waals surface area contributed by atoms with Crippen molar-refractivity contribution in [1.82, 2.24) is 29.7 Å². The minimum atomic E-state index is -0.171. The molecule has 2 aromatic carbocycles. The van der Waals surface area contributed by atoms with Gasteiger partial charge in [0.15, 0.2) is 0 Å². The van der Waals surface area contributed by atoms with Crippen LogP contribution in [-0.4, -0.2) is 96.2 Å². The van der Waals surface area contributed by atoms with Crippen LogP contribution in [0.5, 0.6) is 0 Å². The van der Waals surface area contributed by atoms with Crippen molar-refractivity contribution in [3.63, 3.8) is 0 Å². The van der Waals surface area contributed by atoms with Crippen molar-refractivity contribution in [3.05, 3.63) is 97.4 Å². The molecule has 2 saturated heterocycles. The lowest BCUT2D eigenvalue weighted by Gasteiger charge is -2.34. The fourth-order valence-corrected chi connectivity index (χ4v) is 7.11. The van der Waals surface area contributed by atoms with Crippen LogP contribution >= 0.6 is 34.3 Å². The van der Waals surface area contributed by atoms with E-state index in [2.05, 4.69) is 83.2 Å². The lowest BCUT2D eigenvalue weighted by molar-refractivity contribution is 0.313. The number of nitrogens with one attached hydrogen (secondary N) is 3. The standard InChI is InChI=1S/C17H19N5OS.C11H17N3.C6H3ClN2OS/c1-21-7-9-22(10-8-21)13-4-2-12(3-5-13)18-17-19-14-6-11-24-15(14)16(23)20-17;1-13-6-8-14(9-7-13)11-4-2-10(12)3-5-11;7-6-8-3-1-2-11-4(3)5(10)9-6/h2-6,11H,7-10H2,1H3,(H2,18,19,20,23);2-5H,6-9,12H2,1H3;1-2H,(H,8,9,10). The van der Waals surface area contributed by atoms with Crippen LogP contribution in [0.4, 0.5) is 28.7 Å². The highest BCUT2D eigenvalue weighted by Gasteiger charge is 2.15. The van der Waals surface area contributed by atoms with Gasteiger partial charge >= 0.3 is 0 Å². The van der Waals surface area contributed by atoms with Crippen LogP contribution in [0.15, 0.2) is 81.0 Å². The Hall–Kier alpha value is -4.47. The number of hydrogen-bond donors (Lipinski definition) is 4. The summed E-state index contributed by atoms with van der Waals surface area (Å²) in [6.07, 6.45) is 0. The first-order chi connectivity index (χ1) is 23.7. The number of nitrogens with two attached hydrogens (primary N) is 1. The molecule has 0 unspecified atom stereocenters. The number of fused-ring (bicyclic) bond motifs is 2. The molecule has 0 amide bonds. The molecule has 0 aliphatic carbocycles. The number of likely N-dealkylation sites (N-methyl/N-ethyl adjacent to an activating group) is 2.